The highest BCUT2D eigenvalue weighted by molar-refractivity contribution is 9.11. The van der Waals surface area contributed by atoms with Crippen LogP contribution in [0.3, 0.4) is 0 Å². The molecule has 0 aliphatic carbocycles. The largest absolute Gasteiger partial charge is 0.472 e. The minimum Gasteiger partial charge on any atom is -0.472 e. The maximum atomic E-state index is 5.61. The molecule has 7 heteroatoms. The maximum Gasteiger partial charge on any atom is 0.233 e. The van der Waals surface area contributed by atoms with Gasteiger partial charge in [-0.05, 0) is 33.6 Å². The molecule has 0 unspecified atom stereocenters. The molecular weight excluding hydrogens is 364 g/mol. The number of benzene rings is 1. The topological polar surface area (TPSA) is 73.1 Å². The third-order valence-corrected chi connectivity index (χ3v) is 3.37. The van der Waals surface area contributed by atoms with Gasteiger partial charge in [0.15, 0.2) is 5.82 Å². The lowest BCUT2D eigenvalue weighted by molar-refractivity contribution is 0.291. The van der Waals surface area contributed by atoms with Crippen LogP contribution in [0.1, 0.15) is 5.56 Å². The fourth-order valence-electron chi connectivity index (χ4n) is 1.33. The van der Waals surface area contributed by atoms with E-state index in [0.29, 0.717) is 22.8 Å². The number of hydrogen-bond donors (Lipinski definition) is 2. The van der Waals surface area contributed by atoms with Gasteiger partial charge in [-0.25, -0.2) is 15.8 Å². The van der Waals surface area contributed by atoms with Gasteiger partial charge in [0.05, 0.1) is 0 Å². The number of nitrogens with two attached hydrogens (primary N) is 1. The lowest BCUT2D eigenvalue weighted by Crippen LogP contribution is -2.10. The van der Waals surface area contributed by atoms with Crippen LogP contribution in [0, 0.1) is 0 Å². The number of aromatic nitrogens is 2. The van der Waals surface area contributed by atoms with Crippen LogP contribution in [0.2, 0.25) is 0 Å². The highest BCUT2D eigenvalue weighted by Crippen LogP contribution is 2.28. The Kier molecular flexibility index (Phi) is 4.51. The van der Waals surface area contributed by atoms with Crippen LogP contribution in [0.15, 0.2) is 39.5 Å². The number of anilines is 1. The second-order valence-electron chi connectivity index (χ2n) is 3.40. The Labute approximate surface area is 121 Å². The predicted octanol–water partition coefficient (Wildman–Crippen LogP) is 2.87. The summed E-state index contributed by atoms with van der Waals surface area (Å²) in [5.74, 6) is 6.24. The first-order valence-corrected chi connectivity index (χ1v) is 6.63. The molecule has 0 spiro atoms. The van der Waals surface area contributed by atoms with Gasteiger partial charge in [0.25, 0.3) is 0 Å². The van der Waals surface area contributed by atoms with E-state index in [1.54, 1.807) is 0 Å². The molecule has 2 aromatic rings. The van der Waals surface area contributed by atoms with Crippen molar-refractivity contribution in [3.8, 4) is 5.88 Å². The van der Waals surface area contributed by atoms with Gasteiger partial charge in [-0.15, -0.1) is 0 Å². The average Bonchev–Trinajstić information content (AvgIpc) is 2.38. The predicted molar refractivity (Wildman–Crippen MR) is 76.0 cm³/mol. The number of nitrogens with one attached hydrogen (secondary N) is 1. The fraction of sp³-hybridized carbons (Fsp3) is 0.0909. The van der Waals surface area contributed by atoms with Crippen molar-refractivity contribution in [2.75, 3.05) is 5.43 Å². The van der Waals surface area contributed by atoms with E-state index in [1.807, 2.05) is 24.3 Å². The van der Waals surface area contributed by atoms with Crippen LogP contribution >= 0.6 is 31.9 Å². The van der Waals surface area contributed by atoms with Gasteiger partial charge in [0, 0.05) is 4.47 Å². The molecule has 0 radical (unpaired) electrons. The first kappa shape index (κ1) is 13.3. The number of ether oxygens (including phenoxy) is 1. The van der Waals surface area contributed by atoms with Crippen LogP contribution in [0.5, 0.6) is 5.88 Å². The van der Waals surface area contributed by atoms with E-state index in [-0.39, 0.29) is 0 Å². The van der Waals surface area contributed by atoms with E-state index >= 15 is 0 Å². The van der Waals surface area contributed by atoms with E-state index in [0.717, 1.165) is 10.0 Å². The van der Waals surface area contributed by atoms with Gasteiger partial charge < -0.3 is 10.2 Å². The molecule has 2 rings (SSSR count). The molecule has 0 bridgehead atoms. The summed E-state index contributed by atoms with van der Waals surface area (Å²) in [6, 6.07) is 7.87. The van der Waals surface area contributed by atoms with Crippen LogP contribution < -0.4 is 16.0 Å². The summed E-state index contributed by atoms with van der Waals surface area (Å²) in [4.78, 5) is 7.98. The average molecular weight is 374 g/mol. The monoisotopic (exact) mass is 372 g/mol. The van der Waals surface area contributed by atoms with Gasteiger partial charge in [-0.1, -0.05) is 28.1 Å². The summed E-state index contributed by atoms with van der Waals surface area (Å²) < 4.78 is 7.21. The standard InChI is InChI=1S/C11H10Br2N4O/c12-8-3-1-2-7(4-8)5-18-11-9(13)10(17-14)15-6-16-11/h1-4,6H,5,14H2,(H,15,16,17). The summed E-state index contributed by atoms with van der Waals surface area (Å²) in [7, 11) is 0. The van der Waals surface area contributed by atoms with E-state index in [1.165, 1.54) is 6.33 Å². The zero-order valence-corrected chi connectivity index (χ0v) is 12.4. The van der Waals surface area contributed by atoms with Crippen molar-refractivity contribution in [2.45, 2.75) is 6.61 Å². The molecule has 18 heavy (non-hydrogen) atoms. The molecule has 0 aliphatic heterocycles. The lowest BCUT2D eigenvalue weighted by Gasteiger charge is -2.09. The first-order chi connectivity index (χ1) is 8.70. The Bertz CT molecular complexity index is 550. The first-order valence-electron chi connectivity index (χ1n) is 5.05. The Morgan fingerprint density at radius 2 is 2.11 bits per heavy atom. The maximum absolute atomic E-state index is 5.61. The second-order valence-corrected chi connectivity index (χ2v) is 5.11. The van der Waals surface area contributed by atoms with Gasteiger partial charge in [-0.2, -0.15) is 0 Å². The molecule has 0 atom stereocenters. The Morgan fingerprint density at radius 3 is 2.83 bits per heavy atom. The SMILES string of the molecule is NNc1ncnc(OCc2cccc(Br)c2)c1Br. The Balaban J connectivity index is 2.11. The highest BCUT2D eigenvalue weighted by Gasteiger charge is 2.08. The Morgan fingerprint density at radius 1 is 1.28 bits per heavy atom. The van der Waals surface area contributed by atoms with Crippen molar-refractivity contribution in [3.05, 3.63) is 45.1 Å². The third kappa shape index (κ3) is 3.18. The summed E-state index contributed by atoms with van der Waals surface area (Å²) in [5.41, 5.74) is 3.50. The van der Waals surface area contributed by atoms with Gasteiger partial charge in [0.2, 0.25) is 5.88 Å². The van der Waals surface area contributed by atoms with Gasteiger partial charge in [-0.3, -0.25) is 0 Å². The quantitative estimate of drug-likeness (QED) is 0.636. The van der Waals surface area contributed by atoms with Crippen LogP contribution in [0.4, 0.5) is 5.82 Å². The van der Waals surface area contributed by atoms with E-state index in [9.17, 15) is 0 Å². The molecule has 3 N–H and O–H groups in total. The third-order valence-electron chi connectivity index (χ3n) is 2.16. The van der Waals surface area contributed by atoms with E-state index in [2.05, 4.69) is 47.3 Å². The molecule has 1 aromatic carbocycles. The summed E-state index contributed by atoms with van der Waals surface area (Å²) in [5, 5.41) is 0. The van der Waals surface area contributed by atoms with Crippen molar-refractivity contribution in [2.24, 2.45) is 5.84 Å². The van der Waals surface area contributed by atoms with Crippen LogP contribution in [-0.4, -0.2) is 9.97 Å². The minimum absolute atomic E-state index is 0.416. The molecule has 0 saturated heterocycles. The highest BCUT2D eigenvalue weighted by atomic mass is 79.9. The number of rotatable bonds is 4. The van der Waals surface area contributed by atoms with Crippen molar-refractivity contribution in [3.63, 3.8) is 0 Å². The Hall–Kier alpha value is -1.18. The molecule has 94 valence electrons. The van der Waals surface area contributed by atoms with Crippen molar-refractivity contribution in [1.82, 2.24) is 9.97 Å². The van der Waals surface area contributed by atoms with Crippen molar-refractivity contribution >= 4 is 37.7 Å². The minimum atomic E-state index is 0.416. The summed E-state index contributed by atoms with van der Waals surface area (Å²) in [6.45, 7) is 0.416. The molecule has 0 amide bonds. The van der Waals surface area contributed by atoms with Gasteiger partial charge in [0.1, 0.15) is 17.4 Å². The molecule has 5 nitrogen and oxygen atoms in total. The van der Waals surface area contributed by atoms with Crippen LogP contribution in [0.25, 0.3) is 0 Å². The number of halogens is 2. The number of nitrogens with zero attached hydrogens (tertiary/aromatic N) is 2. The smallest absolute Gasteiger partial charge is 0.233 e. The van der Waals surface area contributed by atoms with E-state index < -0.39 is 0 Å². The lowest BCUT2D eigenvalue weighted by atomic mass is 10.2. The molecule has 1 heterocycles. The molecule has 1 aromatic heterocycles. The number of hydrazine groups is 1. The zero-order chi connectivity index (χ0) is 13.0. The summed E-state index contributed by atoms with van der Waals surface area (Å²) in [6.07, 6.45) is 1.39. The zero-order valence-electron chi connectivity index (χ0n) is 9.23. The van der Waals surface area contributed by atoms with Crippen LogP contribution in [-0.2, 0) is 6.61 Å². The normalized spacial score (nSPS) is 10.2. The fourth-order valence-corrected chi connectivity index (χ4v) is 2.21. The number of hydrogen-bond acceptors (Lipinski definition) is 5. The van der Waals surface area contributed by atoms with Crippen molar-refractivity contribution < 1.29 is 4.74 Å². The molecular formula is C11H10Br2N4O. The van der Waals surface area contributed by atoms with E-state index in [4.69, 9.17) is 10.6 Å². The summed E-state index contributed by atoms with van der Waals surface area (Å²) >= 11 is 6.74. The van der Waals surface area contributed by atoms with Crippen molar-refractivity contribution in [1.29, 1.82) is 0 Å². The number of nitrogen functional groups attached to an aromatic ring is 1. The second kappa shape index (κ2) is 6.12. The van der Waals surface area contributed by atoms with Gasteiger partial charge >= 0.3 is 0 Å². The molecule has 0 saturated carbocycles. The molecule has 0 aliphatic rings. The molecule has 0 fully saturated rings.